The third-order valence-corrected chi connectivity index (χ3v) is 10.5. The Morgan fingerprint density at radius 2 is 1.78 bits per heavy atom. The molecule has 51 heavy (non-hydrogen) atoms. The molecule has 1 saturated heterocycles. The van der Waals surface area contributed by atoms with Gasteiger partial charge in [0.25, 0.3) is 5.91 Å². The number of piperazine rings is 1. The van der Waals surface area contributed by atoms with Crippen molar-refractivity contribution in [3.8, 4) is 16.9 Å². The molecule has 1 fully saturated rings. The van der Waals surface area contributed by atoms with Crippen LogP contribution in [0.15, 0.2) is 54.3 Å². The van der Waals surface area contributed by atoms with E-state index in [1.54, 1.807) is 22.1 Å². The molecule has 2 aliphatic heterocycles. The topological polar surface area (TPSA) is 108 Å². The molecular formula is C38H39F2N7O3S. The maximum Gasteiger partial charge on any atom is 0.270 e. The number of hydrogen-bond donors (Lipinski definition) is 1. The summed E-state index contributed by atoms with van der Waals surface area (Å²) in [5.74, 6) is -0.339. The zero-order chi connectivity index (χ0) is 35.6. The van der Waals surface area contributed by atoms with Crippen molar-refractivity contribution in [2.24, 2.45) is 0 Å². The van der Waals surface area contributed by atoms with E-state index in [0.29, 0.717) is 74.5 Å². The number of thiazole rings is 1. The van der Waals surface area contributed by atoms with Crippen LogP contribution in [0.5, 0.6) is 5.75 Å². The Morgan fingerprint density at radius 1 is 0.961 bits per heavy atom. The molecule has 0 spiro atoms. The monoisotopic (exact) mass is 711 g/mol. The summed E-state index contributed by atoms with van der Waals surface area (Å²) in [6, 6.07) is 6.92. The summed E-state index contributed by atoms with van der Waals surface area (Å²) in [6.45, 7) is 6.57. The van der Waals surface area contributed by atoms with Crippen LogP contribution in [0.25, 0.3) is 27.6 Å². The lowest BCUT2D eigenvalue weighted by Gasteiger charge is -2.35. The number of methoxy groups -OCH3 is 1. The molecule has 0 saturated carbocycles. The van der Waals surface area contributed by atoms with Gasteiger partial charge in [0.1, 0.15) is 11.5 Å². The van der Waals surface area contributed by atoms with Gasteiger partial charge in [-0.25, -0.2) is 18.7 Å². The highest BCUT2D eigenvalue weighted by Gasteiger charge is 2.29. The highest BCUT2D eigenvalue weighted by Crippen LogP contribution is 2.38. The maximum absolute atomic E-state index is 16.7. The fourth-order valence-electron chi connectivity index (χ4n) is 6.98. The van der Waals surface area contributed by atoms with Crippen molar-refractivity contribution in [2.75, 3.05) is 51.3 Å². The second-order valence-corrected chi connectivity index (χ2v) is 13.8. The summed E-state index contributed by atoms with van der Waals surface area (Å²) in [4.78, 5) is 48.9. The third-order valence-electron chi connectivity index (χ3n) is 9.65. The third kappa shape index (κ3) is 6.94. The molecule has 13 heteroatoms. The zero-order valence-corrected chi connectivity index (χ0v) is 29.7. The molecule has 6 heterocycles. The summed E-state index contributed by atoms with van der Waals surface area (Å²) in [5, 5.41) is 3.41. The number of fused-ring (bicyclic) bond motifs is 1. The quantitative estimate of drug-likeness (QED) is 0.187. The first kappa shape index (κ1) is 34.3. The number of H-pyrrole nitrogens is 1. The van der Waals surface area contributed by atoms with E-state index in [1.165, 1.54) is 24.5 Å². The molecule has 0 radical (unpaired) electrons. The minimum atomic E-state index is -0.487. The number of aromatic amines is 1. The Kier molecular flexibility index (Phi) is 9.81. The van der Waals surface area contributed by atoms with Crippen LogP contribution in [0, 0.1) is 18.6 Å². The van der Waals surface area contributed by atoms with Crippen molar-refractivity contribution in [3.05, 3.63) is 93.5 Å². The summed E-state index contributed by atoms with van der Waals surface area (Å²) < 4.78 is 35.8. The van der Waals surface area contributed by atoms with Crippen LogP contribution in [0.2, 0.25) is 0 Å². The highest BCUT2D eigenvalue weighted by atomic mass is 32.1. The normalized spacial score (nSPS) is 15.0. The van der Waals surface area contributed by atoms with E-state index in [-0.39, 0.29) is 29.6 Å². The van der Waals surface area contributed by atoms with Crippen LogP contribution in [0.3, 0.4) is 0 Å². The summed E-state index contributed by atoms with van der Waals surface area (Å²) >= 11 is 1.53. The molecule has 0 unspecified atom stereocenters. The van der Waals surface area contributed by atoms with Crippen LogP contribution in [-0.2, 0) is 17.6 Å². The predicted octanol–water partition coefficient (Wildman–Crippen LogP) is 6.45. The smallest absolute Gasteiger partial charge is 0.270 e. The number of carbonyl (C=O) groups is 2. The Bertz CT molecular complexity index is 2120. The van der Waals surface area contributed by atoms with Crippen molar-refractivity contribution in [3.63, 3.8) is 0 Å². The van der Waals surface area contributed by atoms with Gasteiger partial charge in [0.2, 0.25) is 5.91 Å². The van der Waals surface area contributed by atoms with Crippen LogP contribution < -0.4 is 9.64 Å². The Morgan fingerprint density at radius 3 is 2.53 bits per heavy atom. The number of carbonyl (C=O) groups excluding carboxylic acids is 2. The van der Waals surface area contributed by atoms with Crippen LogP contribution in [0.4, 0.5) is 14.6 Å². The first-order chi connectivity index (χ1) is 24.7. The van der Waals surface area contributed by atoms with E-state index >= 15 is 4.39 Å². The number of nitrogens with zero attached hydrogens (tertiary/aromatic N) is 6. The van der Waals surface area contributed by atoms with Crippen molar-refractivity contribution in [2.45, 2.75) is 39.5 Å². The second kappa shape index (κ2) is 14.6. The summed E-state index contributed by atoms with van der Waals surface area (Å²) in [6.07, 6.45) is 8.97. The number of amides is 2. The lowest BCUT2D eigenvalue weighted by atomic mass is 9.91. The fraction of sp³-hybridized carbons (Fsp3) is 0.342. The lowest BCUT2D eigenvalue weighted by molar-refractivity contribution is -0.130. The van der Waals surface area contributed by atoms with Crippen molar-refractivity contribution in [1.82, 2.24) is 29.7 Å². The molecule has 264 valence electrons. The molecule has 0 aliphatic carbocycles. The van der Waals surface area contributed by atoms with Crippen molar-refractivity contribution in [1.29, 1.82) is 0 Å². The fourth-order valence-corrected chi connectivity index (χ4v) is 7.60. The van der Waals surface area contributed by atoms with E-state index in [9.17, 15) is 14.0 Å². The number of benzene rings is 1. The van der Waals surface area contributed by atoms with Gasteiger partial charge in [-0.2, -0.15) is 0 Å². The van der Waals surface area contributed by atoms with E-state index in [4.69, 9.17) is 4.74 Å². The van der Waals surface area contributed by atoms with Gasteiger partial charge in [-0.15, -0.1) is 11.3 Å². The maximum atomic E-state index is 16.7. The second-order valence-electron chi connectivity index (χ2n) is 12.8. The van der Waals surface area contributed by atoms with Gasteiger partial charge in [0.05, 0.1) is 23.8 Å². The first-order valence-electron chi connectivity index (χ1n) is 17.1. The molecule has 4 aromatic heterocycles. The molecule has 7 rings (SSSR count). The number of aromatic nitrogens is 4. The van der Waals surface area contributed by atoms with Gasteiger partial charge >= 0.3 is 0 Å². The zero-order valence-electron chi connectivity index (χ0n) is 28.8. The van der Waals surface area contributed by atoms with E-state index < -0.39 is 11.6 Å². The van der Waals surface area contributed by atoms with Gasteiger partial charge < -0.3 is 24.4 Å². The molecular weight excluding hydrogens is 673 g/mol. The van der Waals surface area contributed by atoms with Gasteiger partial charge in [-0.1, -0.05) is 13.0 Å². The molecule has 5 aromatic rings. The Labute approximate surface area is 298 Å². The average molecular weight is 712 g/mol. The van der Waals surface area contributed by atoms with Crippen LogP contribution in [0.1, 0.15) is 52.1 Å². The first-order valence-corrected chi connectivity index (χ1v) is 18.0. The van der Waals surface area contributed by atoms with Crippen LogP contribution >= 0.6 is 11.3 Å². The number of rotatable bonds is 9. The number of ether oxygens (including phenoxy) is 1. The summed E-state index contributed by atoms with van der Waals surface area (Å²) in [7, 11) is 1.47. The minimum Gasteiger partial charge on any atom is -0.493 e. The van der Waals surface area contributed by atoms with Gasteiger partial charge in [0.15, 0.2) is 17.4 Å². The summed E-state index contributed by atoms with van der Waals surface area (Å²) in [5.41, 5.74) is 5.23. The highest BCUT2D eigenvalue weighted by molar-refractivity contribution is 7.09. The largest absolute Gasteiger partial charge is 0.493 e. The molecule has 2 amide bonds. The number of hydrogen-bond acceptors (Lipinski definition) is 8. The molecule has 2 aliphatic rings. The number of nitrogens with one attached hydrogen (secondary N) is 1. The van der Waals surface area contributed by atoms with Crippen LogP contribution in [-0.4, -0.2) is 87.9 Å². The van der Waals surface area contributed by atoms with E-state index in [2.05, 4.69) is 26.9 Å². The predicted molar refractivity (Wildman–Crippen MR) is 194 cm³/mol. The Balaban J connectivity index is 1.20. The molecule has 1 aromatic carbocycles. The standard InChI is InChI=1S/C38H39F2N7O3S/c1-4-24-16-23(2)42-21-30(24)28-18-27(25-6-5-10-47(22-25)34(48)8-7-33-41-9-15-51-33)35(40)36-29(28)19-31(44-36)38(49)46-13-11-45(12-14-46)37-32(50-3)17-26(39)20-43-37/h6,9,15-21,44H,4-5,7-8,10-14,22H2,1-3H3. The van der Waals surface area contributed by atoms with Crippen molar-refractivity contribution >= 4 is 45.4 Å². The molecule has 0 atom stereocenters. The molecule has 0 bridgehead atoms. The van der Waals surface area contributed by atoms with E-state index in [1.807, 2.05) is 41.6 Å². The van der Waals surface area contributed by atoms with Gasteiger partial charge in [0, 0.05) is 98.2 Å². The SMILES string of the molecule is CCc1cc(C)ncc1-c1cc(C2=CCCN(C(=O)CCc3nccs3)C2)c(F)c2[nH]c(C(=O)N3CCN(c4ncc(F)cc4OC)CC3)cc12. The van der Waals surface area contributed by atoms with Gasteiger partial charge in [-0.3, -0.25) is 14.6 Å². The Hall–Kier alpha value is -5.17. The minimum absolute atomic E-state index is 0.00928. The number of halogens is 2. The van der Waals surface area contributed by atoms with E-state index in [0.717, 1.165) is 45.6 Å². The average Bonchev–Trinajstić information content (AvgIpc) is 3.85. The number of aryl methyl sites for hydroxylation is 3. The van der Waals surface area contributed by atoms with Gasteiger partial charge in [-0.05, 0) is 54.7 Å². The lowest BCUT2D eigenvalue weighted by Crippen LogP contribution is -2.49. The number of anilines is 1. The number of pyridine rings is 2. The molecule has 10 nitrogen and oxygen atoms in total. The van der Waals surface area contributed by atoms with Crippen molar-refractivity contribution < 1.29 is 23.1 Å². The molecule has 1 N–H and O–H groups in total.